The number of aromatic amines is 1. The Kier molecular flexibility index (Phi) is 3.59. The van der Waals surface area contributed by atoms with E-state index in [1.54, 1.807) is 32.0 Å². The van der Waals surface area contributed by atoms with Gasteiger partial charge >= 0.3 is 0 Å². The van der Waals surface area contributed by atoms with E-state index in [4.69, 9.17) is 0 Å². The summed E-state index contributed by atoms with van der Waals surface area (Å²) >= 11 is 0. The topological polar surface area (TPSA) is 95.1 Å². The number of rotatable bonds is 4. The molecule has 19 heavy (non-hydrogen) atoms. The standard InChI is InChI=1S/C12H15N3O3S/c1-8-5-3-4-6-11(8)15-19(17,18)12-10(7-16)9(2)13-14-12/h3-6,15-16H,7H2,1-2H3,(H,13,14). The van der Waals surface area contributed by atoms with Gasteiger partial charge in [0.05, 0.1) is 12.3 Å². The minimum Gasteiger partial charge on any atom is -0.392 e. The van der Waals surface area contributed by atoms with Gasteiger partial charge in [0.15, 0.2) is 0 Å². The summed E-state index contributed by atoms with van der Waals surface area (Å²) in [6.45, 7) is 3.08. The number of hydrogen-bond acceptors (Lipinski definition) is 4. The highest BCUT2D eigenvalue weighted by molar-refractivity contribution is 7.92. The first kappa shape index (κ1) is 13.6. The SMILES string of the molecule is Cc1ccccc1NS(=O)(=O)c1n[nH]c(C)c1CO. The average Bonchev–Trinajstić information content (AvgIpc) is 2.74. The smallest absolute Gasteiger partial charge is 0.281 e. The number of aliphatic hydroxyl groups is 1. The van der Waals surface area contributed by atoms with Crippen LogP contribution in [-0.2, 0) is 16.6 Å². The van der Waals surface area contributed by atoms with Crippen LogP contribution in [-0.4, -0.2) is 23.7 Å². The van der Waals surface area contributed by atoms with E-state index >= 15 is 0 Å². The van der Waals surface area contributed by atoms with Crippen molar-refractivity contribution in [2.24, 2.45) is 0 Å². The number of aromatic nitrogens is 2. The highest BCUT2D eigenvalue weighted by Gasteiger charge is 2.23. The van der Waals surface area contributed by atoms with Gasteiger partial charge in [-0.25, -0.2) is 0 Å². The number of aryl methyl sites for hydroxylation is 2. The number of aliphatic hydroxyl groups excluding tert-OH is 1. The van der Waals surface area contributed by atoms with Crippen molar-refractivity contribution in [1.82, 2.24) is 10.2 Å². The van der Waals surface area contributed by atoms with Gasteiger partial charge in [0.2, 0.25) is 5.03 Å². The van der Waals surface area contributed by atoms with Crippen LogP contribution in [0.25, 0.3) is 0 Å². The van der Waals surface area contributed by atoms with Gasteiger partial charge in [-0.05, 0) is 25.5 Å². The van der Waals surface area contributed by atoms with Crippen molar-refractivity contribution >= 4 is 15.7 Å². The van der Waals surface area contributed by atoms with Crippen LogP contribution >= 0.6 is 0 Å². The van der Waals surface area contributed by atoms with Gasteiger partial charge in [-0.2, -0.15) is 13.5 Å². The molecule has 0 saturated heterocycles. The van der Waals surface area contributed by atoms with Gasteiger partial charge in [-0.3, -0.25) is 9.82 Å². The maximum absolute atomic E-state index is 12.2. The fourth-order valence-corrected chi connectivity index (χ4v) is 3.04. The lowest BCUT2D eigenvalue weighted by Crippen LogP contribution is -2.16. The molecule has 6 nitrogen and oxygen atoms in total. The van der Waals surface area contributed by atoms with Crippen LogP contribution in [0.5, 0.6) is 0 Å². The summed E-state index contributed by atoms with van der Waals surface area (Å²) in [7, 11) is -3.81. The molecule has 1 aromatic carbocycles. The van der Waals surface area contributed by atoms with Gasteiger partial charge in [0.1, 0.15) is 0 Å². The molecule has 0 fully saturated rings. The minimum absolute atomic E-state index is 0.171. The van der Waals surface area contributed by atoms with Crippen molar-refractivity contribution in [2.75, 3.05) is 4.72 Å². The Morgan fingerprint density at radius 3 is 2.63 bits per heavy atom. The molecule has 0 aliphatic rings. The average molecular weight is 281 g/mol. The molecule has 0 bridgehead atoms. The van der Waals surface area contributed by atoms with Crippen molar-refractivity contribution in [3.05, 3.63) is 41.1 Å². The lowest BCUT2D eigenvalue weighted by molar-refractivity contribution is 0.277. The molecule has 7 heteroatoms. The van der Waals surface area contributed by atoms with Crippen molar-refractivity contribution in [2.45, 2.75) is 25.5 Å². The number of benzene rings is 1. The van der Waals surface area contributed by atoms with Crippen LogP contribution in [0.3, 0.4) is 0 Å². The van der Waals surface area contributed by atoms with Crippen molar-refractivity contribution in [1.29, 1.82) is 0 Å². The van der Waals surface area contributed by atoms with E-state index in [2.05, 4.69) is 14.9 Å². The molecule has 0 amide bonds. The number of nitrogens with one attached hydrogen (secondary N) is 2. The highest BCUT2D eigenvalue weighted by Crippen LogP contribution is 2.21. The highest BCUT2D eigenvalue weighted by atomic mass is 32.2. The molecule has 0 aliphatic carbocycles. The molecule has 2 rings (SSSR count). The number of anilines is 1. The summed E-state index contributed by atoms with van der Waals surface area (Å²) in [5.41, 5.74) is 2.12. The third-order valence-corrected chi connectivity index (χ3v) is 4.17. The van der Waals surface area contributed by atoms with Crippen LogP contribution in [0.15, 0.2) is 29.3 Å². The van der Waals surface area contributed by atoms with Gasteiger partial charge in [0, 0.05) is 11.3 Å². The fourth-order valence-electron chi connectivity index (χ4n) is 1.72. The van der Waals surface area contributed by atoms with E-state index in [0.717, 1.165) is 5.56 Å². The zero-order valence-corrected chi connectivity index (χ0v) is 11.5. The zero-order chi connectivity index (χ0) is 14.0. The Hall–Kier alpha value is -1.86. The van der Waals surface area contributed by atoms with Gasteiger partial charge in [-0.15, -0.1) is 0 Å². The Morgan fingerprint density at radius 1 is 1.32 bits per heavy atom. The number of sulfonamides is 1. The molecule has 0 spiro atoms. The van der Waals surface area contributed by atoms with Crippen LogP contribution in [0.4, 0.5) is 5.69 Å². The molecule has 1 aromatic heterocycles. The first-order valence-corrected chi connectivity index (χ1v) is 7.17. The summed E-state index contributed by atoms with van der Waals surface area (Å²) in [5.74, 6) is 0. The second kappa shape index (κ2) is 5.02. The Labute approximate surface area is 111 Å². The Balaban J connectivity index is 2.41. The number of hydrogen-bond donors (Lipinski definition) is 3. The van der Waals surface area contributed by atoms with E-state index < -0.39 is 10.0 Å². The van der Waals surface area contributed by atoms with Gasteiger partial charge < -0.3 is 5.11 Å². The molecule has 0 aliphatic heterocycles. The molecular weight excluding hydrogens is 266 g/mol. The zero-order valence-electron chi connectivity index (χ0n) is 10.6. The Bertz CT molecular complexity index is 692. The van der Waals surface area contributed by atoms with Gasteiger partial charge in [-0.1, -0.05) is 18.2 Å². The molecule has 0 unspecified atom stereocenters. The van der Waals surface area contributed by atoms with E-state index in [0.29, 0.717) is 11.4 Å². The summed E-state index contributed by atoms with van der Waals surface area (Å²) in [5, 5.41) is 15.4. The third kappa shape index (κ3) is 2.61. The largest absolute Gasteiger partial charge is 0.392 e. The Morgan fingerprint density at radius 2 is 2.00 bits per heavy atom. The summed E-state index contributed by atoms with van der Waals surface area (Å²) in [4.78, 5) is 0. The second-order valence-corrected chi connectivity index (χ2v) is 5.81. The normalized spacial score (nSPS) is 11.5. The summed E-state index contributed by atoms with van der Waals surface area (Å²) in [6.07, 6.45) is 0. The third-order valence-electron chi connectivity index (χ3n) is 2.84. The van der Waals surface area contributed by atoms with Crippen LogP contribution < -0.4 is 4.72 Å². The van der Waals surface area contributed by atoms with E-state index in [1.165, 1.54) is 0 Å². The minimum atomic E-state index is -3.81. The first-order chi connectivity index (χ1) is 8.95. The second-order valence-electron chi connectivity index (χ2n) is 4.21. The van der Waals surface area contributed by atoms with E-state index in [1.807, 2.05) is 6.07 Å². The van der Waals surface area contributed by atoms with Gasteiger partial charge in [0.25, 0.3) is 10.0 Å². The molecular formula is C12H15N3O3S. The predicted octanol–water partition coefficient (Wildman–Crippen LogP) is 1.32. The maximum Gasteiger partial charge on any atom is 0.281 e. The monoisotopic (exact) mass is 281 g/mol. The first-order valence-electron chi connectivity index (χ1n) is 5.69. The summed E-state index contributed by atoms with van der Waals surface area (Å²) in [6, 6.07) is 7.05. The summed E-state index contributed by atoms with van der Waals surface area (Å²) < 4.78 is 27.0. The number of H-pyrrole nitrogens is 1. The van der Waals surface area contributed by atoms with Crippen LogP contribution in [0.1, 0.15) is 16.8 Å². The maximum atomic E-state index is 12.2. The van der Waals surface area contributed by atoms with Crippen molar-refractivity contribution < 1.29 is 13.5 Å². The molecule has 3 N–H and O–H groups in total. The fraction of sp³-hybridized carbons (Fsp3) is 0.250. The molecule has 1 heterocycles. The molecule has 0 radical (unpaired) electrons. The van der Waals surface area contributed by atoms with Crippen LogP contribution in [0, 0.1) is 13.8 Å². The van der Waals surface area contributed by atoms with Crippen molar-refractivity contribution in [3.8, 4) is 0 Å². The van der Waals surface area contributed by atoms with Crippen molar-refractivity contribution in [3.63, 3.8) is 0 Å². The van der Waals surface area contributed by atoms with E-state index in [-0.39, 0.29) is 17.2 Å². The van der Waals surface area contributed by atoms with Crippen LogP contribution in [0.2, 0.25) is 0 Å². The molecule has 0 saturated carbocycles. The molecule has 102 valence electrons. The number of para-hydroxylation sites is 1. The molecule has 0 atom stereocenters. The van der Waals surface area contributed by atoms with E-state index in [9.17, 15) is 13.5 Å². The number of nitrogens with zero attached hydrogens (tertiary/aromatic N) is 1. The molecule has 2 aromatic rings. The lowest BCUT2D eigenvalue weighted by Gasteiger charge is -2.09. The predicted molar refractivity (Wildman–Crippen MR) is 71.2 cm³/mol. The lowest BCUT2D eigenvalue weighted by atomic mass is 10.2. The quantitative estimate of drug-likeness (QED) is 0.787.